The van der Waals surface area contributed by atoms with Crippen LogP contribution in [0.2, 0.25) is 0 Å². The maximum absolute atomic E-state index is 14.1. The van der Waals surface area contributed by atoms with Gasteiger partial charge in [0.05, 0.1) is 25.5 Å². The van der Waals surface area contributed by atoms with Gasteiger partial charge in [-0.15, -0.1) is 0 Å². The fourth-order valence-corrected chi connectivity index (χ4v) is 4.35. The molecule has 2 atom stereocenters. The van der Waals surface area contributed by atoms with Crippen molar-refractivity contribution in [3.63, 3.8) is 0 Å². The minimum Gasteiger partial charge on any atom is -0.495 e. The minimum atomic E-state index is -2.95. The number of rotatable bonds is 8. The molecule has 2 amide bonds. The Morgan fingerprint density at radius 1 is 1.39 bits per heavy atom. The van der Waals surface area contributed by atoms with Gasteiger partial charge in [-0.3, -0.25) is 15.2 Å². The quantitative estimate of drug-likeness (QED) is 0.636. The van der Waals surface area contributed by atoms with Crippen LogP contribution in [0.3, 0.4) is 0 Å². The number of nitrogens with one attached hydrogen (secondary N) is 2. The molecule has 0 saturated carbocycles. The molecule has 3 heterocycles. The summed E-state index contributed by atoms with van der Waals surface area (Å²) in [6.07, 6.45) is 2.10. The Morgan fingerprint density at radius 3 is 2.81 bits per heavy atom. The third-order valence-corrected chi connectivity index (χ3v) is 5.86. The van der Waals surface area contributed by atoms with E-state index < -0.39 is 19.1 Å². The number of methoxy groups -OCH3 is 2. The largest absolute Gasteiger partial charge is 0.495 e. The molecular formula is C20H27F2N5O3S. The number of likely N-dealkylation sites (tertiary alicyclic amines) is 1. The molecule has 3 rings (SSSR count). The Labute approximate surface area is 184 Å². The molecule has 0 bridgehead atoms. The first-order valence-electron chi connectivity index (χ1n) is 9.89. The van der Waals surface area contributed by atoms with Crippen molar-refractivity contribution in [2.75, 3.05) is 45.8 Å². The van der Waals surface area contributed by atoms with E-state index >= 15 is 0 Å². The molecule has 8 nitrogen and oxygen atoms in total. The smallest absolute Gasteiger partial charge is 0.320 e. The molecule has 1 aliphatic heterocycles. The molecule has 11 heteroatoms. The summed E-state index contributed by atoms with van der Waals surface area (Å²) in [5, 5.41) is 6.41. The molecule has 0 radical (unpaired) electrons. The van der Waals surface area contributed by atoms with Crippen LogP contribution in [0.4, 0.5) is 18.6 Å². The number of carbonyl (C=O) groups is 1. The number of hydrogen-bond donors (Lipinski definition) is 2. The number of nitrogens with zero attached hydrogens (tertiary/aromatic N) is 3. The molecule has 170 valence electrons. The second-order valence-electron chi connectivity index (χ2n) is 7.58. The van der Waals surface area contributed by atoms with Gasteiger partial charge in [-0.2, -0.15) is 4.37 Å². The topological polar surface area (TPSA) is 88.6 Å². The number of ether oxygens (including phenoxy) is 2. The Morgan fingerprint density at radius 2 is 2.19 bits per heavy atom. The highest BCUT2D eigenvalue weighted by Crippen LogP contribution is 2.29. The van der Waals surface area contributed by atoms with Crippen LogP contribution in [0, 0.1) is 6.92 Å². The van der Waals surface area contributed by atoms with Crippen LogP contribution in [0.25, 0.3) is 0 Å². The number of alkyl halides is 2. The maximum atomic E-state index is 14.1. The minimum absolute atomic E-state index is 0.257. The van der Waals surface area contributed by atoms with Crippen molar-refractivity contribution >= 4 is 22.6 Å². The normalized spacial score (nSPS) is 19.8. The average molecular weight is 456 g/mol. The summed E-state index contributed by atoms with van der Waals surface area (Å²) >= 11 is 1.20. The van der Waals surface area contributed by atoms with E-state index in [-0.39, 0.29) is 18.0 Å². The van der Waals surface area contributed by atoms with Gasteiger partial charge in [-0.25, -0.2) is 13.6 Å². The number of piperidine rings is 1. The summed E-state index contributed by atoms with van der Waals surface area (Å²) in [4.78, 5) is 18.7. The van der Waals surface area contributed by atoms with Crippen LogP contribution in [0.15, 0.2) is 24.4 Å². The number of aromatic nitrogens is 2. The third kappa shape index (κ3) is 6.55. The summed E-state index contributed by atoms with van der Waals surface area (Å²) in [5.74, 6) is -2.60. The maximum Gasteiger partial charge on any atom is 0.320 e. The first-order valence-corrected chi connectivity index (χ1v) is 10.7. The first kappa shape index (κ1) is 23.3. The molecule has 1 fully saturated rings. The molecule has 2 aromatic rings. The van der Waals surface area contributed by atoms with Crippen LogP contribution in [-0.4, -0.2) is 72.7 Å². The number of halogens is 2. The van der Waals surface area contributed by atoms with Crippen molar-refractivity contribution in [1.82, 2.24) is 19.6 Å². The molecule has 1 saturated heterocycles. The van der Waals surface area contributed by atoms with E-state index in [4.69, 9.17) is 4.74 Å². The van der Waals surface area contributed by atoms with E-state index in [9.17, 15) is 13.6 Å². The predicted molar refractivity (Wildman–Crippen MR) is 114 cm³/mol. The van der Waals surface area contributed by atoms with Gasteiger partial charge in [0.1, 0.15) is 17.4 Å². The highest BCUT2D eigenvalue weighted by atomic mass is 32.1. The van der Waals surface area contributed by atoms with Crippen molar-refractivity contribution in [2.24, 2.45) is 0 Å². The van der Waals surface area contributed by atoms with Gasteiger partial charge in [0, 0.05) is 37.9 Å². The van der Waals surface area contributed by atoms with Crippen molar-refractivity contribution < 1.29 is 23.0 Å². The Bertz CT molecular complexity index is 865. The molecule has 31 heavy (non-hydrogen) atoms. The molecule has 0 spiro atoms. The molecule has 2 aromatic heterocycles. The lowest BCUT2D eigenvalue weighted by molar-refractivity contribution is -0.0881. The fraction of sp³-hybridized carbons (Fsp3) is 0.550. The van der Waals surface area contributed by atoms with E-state index in [1.807, 2.05) is 6.92 Å². The van der Waals surface area contributed by atoms with Gasteiger partial charge in [0.25, 0.3) is 5.92 Å². The zero-order chi connectivity index (χ0) is 22.4. The summed E-state index contributed by atoms with van der Waals surface area (Å²) < 4.78 is 42.2. The zero-order valence-corrected chi connectivity index (χ0v) is 18.5. The SMILES string of the molecule is COCC(F)(F)CN1CC[C@@H](NC(=O)Nc2cc(C)ns2)[C@H](c2ccc(OC)cn2)C1. The van der Waals surface area contributed by atoms with Gasteiger partial charge in [0.2, 0.25) is 0 Å². The van der Waals surface area contributed by atoms with Gasteiger partial charge < -0.3 is 14.8 Å². The Kier molecular flexibility index (Phi) is 7.74. The van der Waals surface area contributed by atoms with Crippen LogP contribution in [0.5, 0.6) is 5.75 Å². The van der Waals surface area contributed by atoms with Gasteiger partial charge >= 0.3 is 6.03 Å². The second-order valence-corrected chi connectivity index (χ2v) is 8.38. The van der Waals surface area contributed by atoms with E-state index in [0.717, 1.165) is 5.69 Å². The number of aryl methyl sites for hydroxylation is 1. The molecule has 1 aliphatic rings. The van der Waals surface area contributed by atoms with Crippen LogP contribution >= 0.6 is 11.5 Å². The van der Waals surface area contributed by atoms with Gasteiger partial charge in [-0.05, 0) is 43.1 Å². The lowest BCUT2D eigenvalue weighted by atomic mass is 9.88. The van der Waals surface area contributed by atoms with Crippen LogP contribution in [-0.2, 0) is 4.74 Å². The van der Waals surface area contributed by atoms with Crippen LogP contribution in [0.1, 0.15) is 23.7 Å². The van der Waals surface area contributed by atoms with E-state index in [2.05, 4.69) is 24.7 Å². The highest BCUT2D eigenvalue weighted by Gasteiger charge is 2.38. The monoisotopic (exact) mass is 455 g/mol. The van der Waals surface area contributed by atoms with Crippen molar-refractivity contribution in [1.29, 1.82) is 0 Å². The second kappa shape index (κ2) is 10.3. The van der Waals surface area contributed by atoms with Gasteiger partial charge in [0.15, 0.2) is 0 Å². The number of hydrogen-bond acceptors (Lipinski definition) is 7. The standard InChI is InChI=1S/C20H27F2N5O3S/c1-13-8-18(31-26-13)25-19(28)24-17-6-7-27(11-20(21,22)12-29-2)10-15(17)16-5-4-14(30-3)9-23-16/h4-5,8-9,15,17H,6-7,10-12H2,1-3H3,(H2,24,25,28)/t15-,17+/m0/s1. The van der Waals surface area contributed by atoms with Crippen molar-refractivity contribution in [2.45, 2.75) is 31.2 Å². The zero-order valence-electron chi connectivity index (χ0n) is 17.7. The number of pyridine rings is 1. The summed E-state index contributed by atoms with van der Waals surface area (Å²) in [7, 11) is 2.81. The number of amides is 2. The molecular weight excluding hydrogens is 428 g/mol. The highest BCUT2D eigenvalue weighted by molar-refractivity contribution is 7.10. The van der Waals surface area contributed by atoms with Gasteiger partial charge in [-0.1, -0.05) is 0 Å². The summed E-state index contributed by atoms with van der Waals surface area (Å²) in [6, 6.07) is 4.75. The lowest BCUT2D eigenvalue weighted by Crippen LogP contribution is -2.53. The first-order chi connectivity index (χ1) is 14.8. The Hall–Kier alpha value is -2.37. The van der Waals surface area contributed by atoms with E-state index in [1.165, 1.54) is 18.6 Å². The number of urea groups is 1. The average Bonchev–Trinajstić information content (AvgIpc) is 3.13. The fourth-order valence-electron chi connectivity index (χ4n) is 3.69. The predicted octanol–water partition coefficient (Wildman–Crippen LogP) is 3.12. The summed E-state index contributed by atoms with van der Waals surface area (Å²) in [5.41, 5.74) is 1.53. The third-order valence-electron chi connectivity index (χ3n) is 5.06. The summed E-state index contributed by atoms with van der Waals surface area (Å²) in [6.45, 7) is 1.57. The molecule has 2 N–H and O–H groups in total. The van der Waals surface area contributed by atoms with Crippen molar-refractivity contribution in [3.05, 3.63) is 35.8 Å². The molecule has 0 aliphatic carbocycles. The number of anilines is 1. The van der Waals surface area contributed by atoms with E-state index in [0.29, 0.717) is 36.0 Å². The van der Waals surface area contributed by atoms with E-state index in [1.54, 1.807) is 36.4 Å². The molecule has 0 aromatic carbocycles. The molecule has 0 unspecified atom stereocenters. The number of carbonyl (C=O) groups excluding carboxylic acids is 1. The Balaban J connectivity index is 1.72. The van der Waals surface area contributed by atoms with Crippen molar-refractivity contribution in [3.8, 4) is 5.75 Å². The van der Waals surface area contributed by atoms with Crippen LogP contribution < -0.4 is 15.4 Å². The lowest BCUT2D eigenvalue weighted by Gasteiger charge is -2.39.